The highest BCUT2D eigenvalue weighted by Gasteiger charge is 1.98. The lowest BCUT2D eigenvalue weighted by atomic mass is 10.4. The van der Waals surface area contributed by atoms with Gasteiger partial charge in [0, 0.05) is 41.3 Å². The molecule has 2 heterocycles. The molecule has 0 spiro atoms. The smallest absolute Gasteiger partial charge is 0.0937 e. The van der Waals surface area contributed by atoms with Crippen LogP contribution in [0.1, 0.15) is 9.88 Å². The van der Waals surface area contributed by atoms with Crippen molar-refractivity contribution in [3.8, 4) is 0 Å². The van der Waals surface area contributed by atoms with Crippen LogP contribution in [0.25, 0.3) is 0 Å². The third-order valence-corrected chi connectivity index (χ3v) is 4.04. The molecule has 1 N–H and O–H groups in total. The van der Waals surface area contributed by atoms with E-state index in [0.29, 0.717) is 0 Å². The summed E-state index contributed by atoms with van der Waals surface area (Å²) in [6, 6.07) is 2.00. The highest BCUT2D eigenvalue weighted by molar-refractivity contribution is 7.10. The van der Waals surface area contributed by atoms with Gasteiger partial charge in [0.2, 0.25) is 0 Å². The summed E-state index contributed by atoms with van der Waals surface area (Å²) in [6.07, 6.45) is 2.84. The van der Waals surface area contributed by atoms with E-state index in [-0.39, 0.29) is 0 Å². The second kappa shape index (κ2) is 5.61. The fourth-order valence-electron chi connectivity index (χ4n) is 1.23. The second-order valence-electron chi connectivity index (χ2n) is 3.08. The van der Waals surface area contributed by atoms with Crippen molar-refractivity contribution in [3.05, 3.63) is 37.9 Å². The van der Waals surface area contributed by atoms with Crippen molar-refractivity contribution in [2.24, 2.45) is 0 Å². The molecule has 15 heavy (non-hydrogen) atoms. The first-order valence-electron chi connectivity index (χ1n) is 4.66. The average Bonchev–Trinajstić information content (AvgIpc) is 2.84. The molecule has 0 aromatic carbocycles. The third kappa shape index (κ3) is 3.57. The molecule has 0 aliphatic carbocycles. The Bertz CT molecular complexity index is 397. The lowest BCUT2D eigenvalue weighted by molar-refractivity contribution is 0.692. The van der Waals surface area contributed by atoms with Crippen LogP contribution < -0.4 is 5.32 Å². The molecule has 0 unspecified atom stereocenters. The number of hydrogen-bond acceptors (Lipinski definition) is 4. The largest absolute Gasteiger partial charge is 0.311 e. The van der Waals surface area contributed by atoms with E-state index >= 15 is 0 Å². The first-order valence-corrected chi connectivity index (χ1v) is 6.80. The SMILES string of the molecule is Clc1csc(CNCCc2nccs2)c1. The van der Waals surface area contributed by atoms with Gasteiger partial charge in [-0.3, -0.25) is 0 Å². The maximum atomic E-state index is 5.83. The quantitative estimate of drug-likeness (QED) is 0.834. The van der Waals surface area contributed by atoms with Gasteiger partial charge < -0.3 is 5.32 Å². The van der Waals surface area contributed by atoms with E-state index in [2.05, 4.69) is 10.3 Å². The van der Waals surface area contributed by atoms with Gasteiger partial charge in [0.25, 0.3) is 0 Å². The monoisotopic (exact) mass is 258 g/mol. The average molecular weight is 259 g/mol. The van der Waals surface area contributed by atoms with E-state index < -0.39 is 0 Å². The van der Waals surface area contributed by atoms with Crippen LogP contribution in [0.2, 0.25) is 5.02 Å². The van der Waals surface area contributed by atoms with E-state index in [9.17, 15) is 0 Å². The molecule has 0 radical (unpaired) electrons. The Labute approximate surface area is 102 Å². The fourth-order valence-corrected chi connectivity index (χ4v) is 2.89. The molecule has 0 saturated carbocycles. The topological polar surface area (TPSA) is 24.9 Å². The molecule has 0 fully saturated rings. The molecular formula is C10H11ClN2S2. The molecule has 0 aliphatic heterocycles. The molecule has 0 amide bonds. The zero-order valence-electron chi connectivity index (χ0n) is 8.07. The summed E-state index contributed by atoms with van der Waals surface area (Å²) < 4.78 is 0. The molecule has 0 atom stereocenters. The predicted octanol–water partition coefficient (Wildman–Crippen LogP) is 3.19. The molecule has 2 nitrogen and oxygen atoms in total. The Morgan fingerprint density at radius 3 is 3.00 bits per heavy atom. The van der Waals surface area contributed by atoms with Gasteiger partial charge >= 0.3 is 0 Å². The number of rotatable bonds is 5. The standard InChI is InChI=1S/C10H11ClN2S2/c11-8-5-9(15-7-8)6-12-2-1-10-13-3-4-14-10/h3-5,7,12H,1-2,6H2. The number of thiazole rings is 1. The van der Waals surface area contributed by atoms with Crippen LogP contribution >= 0.6 is 34.3 Å². The van der Waals surface area contributed by atoms with Crippen LogP contribution in [0, 0.1) is 0 Å². The van der Waals surface area contributed by atoms with Crippen LogP contribution in [0.3, 0.4) is 0 Å². The van der Waals surface area contributed by atoms with Crippen molar-refractivity contribution in [1.29, 1.82) is 0 Å². The minimum Gasteiger partial charge on any atom is -0.311 e. The third-order valence-electron chi connectivity index (χ3n) is 1.92. The van der Waals surface area contributed by atoms with Crippen molar-refractivity contribution in [2.75, 3.05) is 6.54 Å². The Kier molecular flexibility index (Phi) is 4.14. The minimum atomic E-state index is 0.830. The first-order chi connectivity index (χ1) is 7.34. The minimum absolute atomic E-state index is 0.830. The van der Waals surface area contributed by atoms with Crippen molar-refractivity contribution in [3.63, 3.8) is 0 Å². The van der Waals surface area contributed by atoms with Crippen molar-refractivity contribution >= 4 is 34.3 Å². The van der Waals surface area contributed by atoms with Crippen LogP contribution in [-0.4, -0.2) is 11.5 Å². The van der Waals surface area contributed by atoms with Crippen molar-refractivity contribution in [1.82, 2.24) is 10.3 Å². The maximum Gasteiger partial charge on any atom is 0.0937 e. The second-order valence-corrected chi connectivity index (χ2v) is 5.50. The number of hydrogen-bond donors (Lipinski definition) is 1. The van der Waals surface area contributed by atoms with E-state index in [4.69, 9.17) is 11.6 Å². The Hall–Kier alpha value is -0.420. The molecule has 2 rings (SSSR count). The molecule has 0 bridgehead atoms. The molecular weight excluding hydrogens is 248 g/mol. The molecule has 0 saturated heterocycles. The lowest BCUT2D eigenvalue weighted by Gasteiger charge is -2.00. The van der Waals surface area contributed by atoms with Gasteiger partial charge in [-0.25, -0.2) is 4.98 Å². The first kappa shape index (κ1) is 11.1. The van der Waals surface area contributed by atoms with Crippen LogP contribution in [0.4, 0.5) is 0 Å². The lowest BCUT2D eigenvalue weighted by Crippen LogP contribution is -2.15. The summed E-state index contributed by atoms with van der Waals surface area (Å²) in [6.45, 7) is 1.85. The summed E-state index contributed by atoms with van der Waals surface area (Å²) >= 11 is 9.22. The Balaban J connectivity index is 1.67. The van der Waals surface area contributed by atoms with Gasteiger partial charge in [0.05, 0.1) is 10.0 Å². The van der Waals surface area contributed by atoms with Crippen molar-refractivity contribution in [2.45, 2.75) is 13.0 Å². The predicted molar refractivity (Wildman–Crippen MR) is 66.9 cm³/mol. The van der Waals surface area contributed by atoms with Crippen LogP contribution in [0.5, 0.6) is 0 Å². The van der Waals surface area contributed by atoms with E-state index in [1.54, 1.807) is 22.7 Å². The molecule has 0 aliphatic rings. The van der Waals surface area contributed by atoms with Gasteiger partial charge in [-0.05, 0) is 6.07 Å². The summed E-state index contributed by atoms with van der Waals surface area (Å²) in [7, 11) is 0. The zero-order chi connectivity index (χ0) is 10.5. The maximum absolute atomic E-state index is 5.83. The molecule has 80 valence electrons. The van der Waals surface area contributed by atoms with Crippen LogP contribution in [0.15, 0.2) is 23.0 Å². The highest BCUT2D eigenvalue weighted by Crippen LogP contribution is 2.18. The molecule has 2 aromatic heterocycles. The molecule has 2 aromatic rings. The summed E-state index contributed by atoms with van der Waals surface area (Å²) in [5, 5.41) is 9.35. The van der Waals surface area contributed by atoms with Gasteiger partial charge in [-0.1, -0.05) is 11.6 Å². The Morgan fingerprint density at radius 2 is 2.33 bits per heavy atom. The number of halogens is 1. The van der Waals surface area contributed by atoms with Crippen molar-refractivity contribution < 1.29 is 0 Å². The number of aromatic nitrogens is 1. The van der Waals surface area contributed by atoms with Gasteiger partial charge in [-0.15, -0.1) is 22.7 Å². The normalized spacial score (nSPS) is 10.7. The Morgan fingerprint density at radius 1 is 1.40 bits per heavy atom. The van der Waals surface area contributed by atoms with Gasteiger partial charge in [0.15, 0.2) is 0 Å². The fraction of sp³-hybridized carbons (Fsp3) is 0.300. The number of nitrogens with zero attached hydrogens (tertiary/aromatic N) is 1. The van der Waals surface area contributed by atoms with E-state index in [0.717, 1.165) is 24.5 Å². The highest BCUT2D eigenvalue weighted by atomic mass is 35.5. The van der Waals surface area contributed by atoms with E-state index in [1.807, 2.05) is 23.0 Å². The molecule has 5 heteroatoms. The number of thiophene rings is 1. The number of nitrogens with one attached hydrogen (secondary N) is 1. The summed E-state index contributed by atoms with van der Waals surface area (Å²) in [5.41, 5.74) is 0. The van der Waals surface area contributed by atoms with Crippen LogP contribution in [-0.2, 0) is 13.0 Å². The zero-order valence-corrected chi connectivity index (χ0v) is 10.5. The van der Waals surface area contributed by atoms with Gasteiger partial charge in [0.1, 0.15) is 0 Å². The van der Waals surface area contributed by atoms with E-state index in [1.165, 1.54) is 9.88 Å². The van der Waals surface area contributed by atoms with Gasteiger partial charge in [-0.2, -0.15) is 0 Å². The summed E-state index contributed by atoms with van der Waals surface area (Å²) in [4.78, 5) is 5.50. The summed E-state index contributed by atoms with van der Waals surface area (Å²) in [5.74, 6) is 0.